The lowest BCUT2D eigenvalue weighted by Crippen LogP contribution is -2.58. The number of aromatic carboxylic acids is 1. The Morgan fingerprint density at radius 1 is 1.02 bits per heavy atom. The molecule has 4 rings (SSSR count). The molecule has 2 aromatic carbocycles. The maximum atomic E-state index is 12.8. The summed E-state index contributed by atoms with van der Waals surface area (Å²) < 4.78 is 52.2. The molecule has 48 heavy (non-hydrogen) atoms. The van der Waals surface area contributed by atoms with Crippen molar-refractivity contribution in [1.82, 2.24) is 15.3 Å². The third-order valence-corrected chi connectivity index (χ3v) is 8.04. The van der Waals surface area contributed by atoms with Gasteiger partial charge >= 0.3 is 12.3 Å². The fourth-order valence-electron chi connectivity index (χ4n) is 5.58. The molecule has 0 spiro atoms. The Labute approximate surface area is 287 Å². The molecule has 1 heterocycles. The van der Waals surface area contributed by atoms with E-state index in [1.165, 1.54) is 24.9 Å². The molecule has 12 heteroatoms. The first-order valence-electron chi connectivity index (χ1n) is 16.4. The Hall–Kier alpha value is -3.35. The van der Waals surface area contributed by atoms with Crippen molar-refractivity contribution in [3.8, 4) is 17.1 Å². The maximum absolute atomic E-state index is 12.8. The van der Waals surface area contributed by atoms with Gasteiger partial charge in [-0.25, -0.2) is 9.78 Å². The van der Waals surface area contributed by atoms with E-state index in [9.17, 15) is 23.1 Å². The number of nitrogens with one attached hydrogen (secondary N) is 2. The third kappa shape index (κ3) is 12.9. The SMILES string of the molecule is CC.CC.Cc1cccc(C)c1-c1cc(OCC(CC(C)(C)C)NC2CC(C)(OC(F)(F)F)C2)nc(NSc2cccc(C(=O)O)c2)n1. The third-order valence-electron chi connectivity index (χ3n) is 7.26. The van der Waals surface area contributed by atoms with Crippen molar-refractivity contribution in [2.45, 2.75) is 117 Å². The Kier molecular flexibility index (Phi) is 15.2. The molecule has 1 saturated carbocycles. The summed E-state index contributed by atoms with van der Waals surface area (Å²) in [7, 11) is 0. The summed E-state index contributed by atoms with van der Waals surface area (Å²) in [5, 5.41) is 12.8. The summed E-state index contributed by atoms with van der Waals surface area (Å²) in [4.78, 5) is 21.4. The average molecular weight is 693 g/mol. The van der Waals surface area contributed by atoms with Crippen molar-refractivity contribution in [2.24, 2.45) is 5.41 Å². The lowest BCUT2D eigenvalue weighted by Gasteiger charge is -2.46. The van der Waals surface area contributed by atoms with Crippen molar-refractivity contribution in [3.05, 3.63) is 65.2 Å². The summed E-state index contributed by atoms with van der Waals surface area (Å²) in [5.41, 5.74) is 2.53. The summed E-state index contributed by atoms with van der Waals surface area (Å²) in [5.74, 6) is -0.404. The second-order valence-electron chi connectivity index (χ2n) is 12.8. The minimum atomic E-state index is -4.67. The van der Waals surface area contributed by atoms with Gasteiger partial charge in [-0.15, -0.1) is 13.2 Å². The number of nitrogens with zero attached hydrogens (tertiary/aromatic N) is 2. The van der Waals surface area contributed by atoms with Gasteiger partial charge in [0.05, 0.1) is 16.9 Å². The highest BCUT2D eigenvalue weighted by Crippen LogP contribution is 2.41. The first-order chi connectivity index (χ1) is 22.5. The molecule has 1 aromatic heterocycles. The van der Waals surface area contributed by atoms with Crippen LogP contribution >= 0.6 is 11.9 Å². The summed E-state index contributed by atoms with van der Waals surface area (Å²) in [6.07, 6.45) is -3.47. The number of hydrogen-bond acceptors (Lipinski definition) is 8. The highest BCUT2D eigenvalue weighted by Gasteiger charge is 2.49. The van der Waals surface area contributed by atoms with Crippen LogP contribution in [0.1, 0.15) is 96.1 Å². The number of aryl methyl sites for hydroxylation is 2. The first kappa shape index (κ1) is 40.8. The van der Waals surface area contributed by atoms with Crippen molar-refractivity contribution < 1.29 is 32.5 Å². The van der Waals surface area contributed by atoms with E-state index in [1.807, 2.05) is 59.7 Å². The van der Waals surface area contributed by atoms with E-state index < -0.39 is 17.9 Å². The van der Waals surface area contributed by atoms with Crippen LogP contribution in [-0.4, -0.2) is 51.7 Å². The standard InChI is InChI=1S/C32H39F3N4O4S.2C2H6/c1-19-9-7-10-20(2)27(19)25-14-26(38-29(37-25)39-44-24-12-8-11-21(13-24)28(40)41)42-18-23(15-30(3,4)5)36-22-16-31(6,17-22)43-32(33,34)35;2*1-2/h7-14,22-23,36H,15-18H2,1-6H3,(H,40,41)(H,37,38,39);2*1-2H3. The van der Waals surface area contributed by atoms with Gasteiger partial charge in [0, 0.05) is 28.6 Å². The average Bonchev–Trinajstić information content (AvgIpc) is 2.98. The fraction of sp³-hybridized carbons (Fsp3) is 0.528. The van der Waals surface area contributed by atoms with E-state index in [0.717, 1.165) is 23.1 Å². The van der Waals surface area contributed by atoms with Crippen LogP contribution in [0.25, 0.3) is 11.3 Å². The molecular formula is C36H51F3N4O4S. The number of carboxylic acid groups (broad SMARTS) is 1. The molecule has 3 N–H and O–H groups in total. The molecule has 1 aliphatic carbocycles. The number of rotatable bonds is 12. The van der Waals surface area contributed by atoms with Gasteiger partial charge in [-0.05, 0) is 86.7 Å². The summed E-state index contributed by atoms with van der Waals surface area (Å²) in [6, 6.07) is 14.0. The van der Waals surface area contributed by atoms with Crippen LogP contribution in [0, 0.1) is 19.3 Å². The smallest absolute Gasteiger partial charge is 0.478 e. The molecule has 0 radical (unpaired) electrons. The highest BCUT2D eigenvalue weighted by molar-refractivity contribution is 8.00. The number of aromatic nitrogens is 2. The Morgan fingerprint density at radius 2 is 1.62 bits per heavy atom. The molecule has 1 aliphatic rings. The number of halogens is 3. The predicted molar refractivity (Wildman–Crippen MR) is 188 cm³/mol. The fourth-order valence-corrected chi connectivity index (χ4v) is 6.21. The monoisotopic (exact) mass is 692 g/mol. The van der Waals surface area contributed by atoms with Gasteiger partial charge < -0.3 is 15.2 Å². The van der Waals surface area contributed by atoms with Gasteiger partial charge in [-0.1, -0.05) is 72.7 Å². The van der Waals surface area contributed by atoms with Crippen LogP contribution in [0.5, 0.6) is 5.88 Å². The van der Waals surface area contributed by atoms with Crippen LogP contribution in [-0.2, 0) is 4.74 Å². The van der Waals surface area contributed by atoms with Gasteiger partial charge in [0.1, 0.15) is 6.61 Å². The number of carbonyl (C=O) groups is 1. The lowest BCUT2D eigenvalue weighted by atomic mass is 9.76. The van der Waals surface area contributed by atoms with Gasteiger partial charge in [-0.3, -0.25) is 9.46 Å². The van der Waals surface area contributed by atoms with Gasteiger partial charge in [0.15, 0.2) is 0 Å². The van der Waals surface area contributed by atoms with Crippen LogP contribution in [0.3, 0.4) is 0 Å². The lowest BCUT2D eigenvalue weighted by molar-refractivity contribution is -0.377. The minimum Gasteiger partial charge on any atom is -0.478 e. The maximum Gasteiger partial charge on any atom is 0.523 e. The summed E-state index contributed by atoms with van der Waals surface area (Å²) in [6.45, 7) is 20.0. The normalized spacial score (nSPS) is 17.9. The quantitative estimate of drug-likeness (QED) is 0.160. The molecule has 0 amide bonds. The largest absolute Gasteiger partial charge is 0.523 e. The summed E-state index contributed by atoms with van der Waals surface area (Å²) >= 11 is 1.18. The zero-order valence-electron chi connectivity index (χ0n) is 29.7. The van der Waals surface area contributed by atoms with E-state index in [1.54, 1.807) is 24.3 Å². The molecule has 266 valence electrons. The van der Waals surface area contributed by atoms with Gasteiger partial charge in [0.25, 0.3) is 0 Å². The molecule has 1 unspecified atom stereocenters. The zero-order valence-corrected chi connectivity index (χ0v) is 30.5. The second kappa shape index (κ2) is 17.9. The molecule has 0 aliphatic heterocycles. The van der Waals surface area contributed by atoms with Crippen molar-refractivity contribution in [3.63, 3.8) is 0 Å². The number of benzene rings is 2. The van der Waals surface area contributed by atoms with E-state index in [-0.39, 0.29) is 48.5 Å². The van der Waals surface area contributed by atoms with E-state index in [0.29, 0.717) is 16.5 Å². The minimum absolute atomic E-state index is 0.0700. The molecule has 3 aromatic rings. The molecular weight excluding hydrogens is 641 g/mol. The Balaban J connectivity index is 0.00000193. The topological polar surface area (TPSA) is 106 Å². The van der Waals surface area contributed by atoms with E-state index in [4.69, 9.17) is 9.72 Å². The van der Waals surface area contributed by atoms with Crippen molar-refractivity contribution >= 4 is 23.9 Å². The number of alkyl halides is 3. The predicted octanol–water partition coefficient (Wildman–Crippen LogP) is 9.86. The molecule has 0 saturated heterocycles. The molecule has 8 nitrogen and oxygen atoms in total. The van der Waals surface area contributed by atoms with Crippen LogP contribution in [0.4, 0.5) is 19.1 Å². The molecule has 1 fully saturated rings. The van der Waals surface area contributed by atoms with Gasteiger partial charge in [0.2, 0.25) is 11.8 Å². The number of hydrogen-bond donors (Lipinski definition) is 3. The molecule has 0 bridgehead atoms. The number of ether oxygens (including phenoxy) is 2. The van der Waals surface area contributed by atoms with Crippen LogP contribution < -0.4 is 14.8 Å². The highest BCUT2D eigenvalue weighted by atomic mass is 32.2. The van der Waals surface area contributed by atoms with E-state index in [2.05, 4.69) is 40.5 Å². The Morgan fingerprint density at radius 3 is 2.19 bits per heavy atom. The van der Waals surface area contributed by atoms with Crippen molar-refractivity contribution in [2.75, 3.05) is 11.3 Å². The Bertz CT molecular complexity index is 1450. The van der Waals surface area contributed by atoms with Crippen LogP contribution in [0.15, 0.2) is 53.4 Å². The van der Waals surface area contributed by atoms with Gasteiger partial charge in [-0.2, -0.15) is 4.98 Å². The van der Waals surface area contributed by atoms with Crippen molar-refractivity contribution in [1.29, 1.82) is 0 Å². The van der Waals surface area contributed by atoms with E-state index >= 15 is 0 Å². The number of carboxylic acids is 1. The van der Waals surface area contributed by atoms with Crippen LogP contribution in [0.2, 0.25) is 0 Å². The number of anilines is 1. The zero-order chi connectivity index (χ0) is 36.3. The first-order valence-corrected chi connectivity index (χ1v) is 17.2. The second-order valence-corrected chi connectivity index (χ2v) is 13.6. The molecule has 1 atom stereocenters.